The first-order valence-electron chi connectivity index (χ1n) is 13.5. The second kappa shape index (κ2) is 11.8. The fraction of sp³-hybridized carbons (Fsp3) is 0.290. The molecule has 6 rings (SSSR count). The number of hydrogen-bond donors (Lipinski definition) is 0. The normalized spacial score (nSPS) is 17.7. The van der Waals surface area contributed by atoms with E-state index >= 15 is 0 Å². The van der Waals surface area contributed by atoms with E-state index in [1.807, 2.05) is 24.4 Å². The molecule has 4 aromatic rings. The van der Waals surface area contributed by atoms with Crippen LogP contribution in [0.15, 0.2) is 77.0 Å². The van der Waals surface area contributed by atoms with Gasteiger partial charge in [0.1, 0.15) is 17.9 Å². The van der Waals surface area contributed by atoms with Gasteiger partial charge in [-0.15, -0.1) is 11.8 Å². The first-order chi connectivity index (χ1) is 20.0. The lowest BCUT2D eigenvalue weighted by molar-refractivity contribution is 0.118. The first kappa shape index (κ1) is 27.1. The SMILES string of the molecule is CSc1ccc(CN2CCN(c3ccc(-c4cc(C5=CCC(C(F)F)N=C5)cn5ncc(C#N)c45)cn3)CC2)cc1. The molecule has 10 heteroatoms. The molecule has 0 N–H and O–H groups in total. The highest BCUT2D eigenvalue weighted by molar-refractivity contribution is 7.98. The van der Waals surface area contributed by atoms with Gasteiger partial charge in [-0.05, 0) is 54.1 Å². The molecule has 3 aromatic heterocycles. The van der Waals surface area contributed by atoms with E-state index in [-0.39, 0.29) is 6.42 Å². The Kier molecular flexibility index (Phi) is 7.81. The summed E-state index contributed by atoms with van der Waals surface area (Å²) >= 11 is 1.76. The van der Waals surface area contributed by atoms with Gasteiger partial charge in [0.25, 0.3) is 6.43 Å². The molecule has 2 aliphatic rings. The van der Waals surface area contributed by atoms with Gasteiger partial charge < -0.3 is 4.90 Å². The molecule has 0 saturated carbocycles. The fourth-order valence-electron chi connectivity index (χ4n) is 5.34. The van der Waals surface area contributed by atoms with Crippen molar-refractivity contribution in [2.45, 2.75) is 30.3 Å². The third-order valence-corrected chi connectivity index (χ3v) is 8.40. The Bertz CT molecular complexity index is 1630. The number of rotatable bonds is 7. The van der Waals surface area contributed by atoms with Crippen molar-refractivity contribution in [3.05, 3.63) is 83.8 Å². The number of benzene rings is 1. The second-order valence-corrected chi connectivity index (χ2v) is 11.1. The molecule has 1 saturated heterocycles. The van der Waals surface area contributed by atoms with Crippen molar-refractivity contribution in [2.24, 2.45) is 4.99 Å². The molecule has 2 aliphatic heterocycles. The van der Waals surface area contributed by atoms with Gasteiger partial charge in [-0.3, -0.25) is 9.89 Å². The Morgan fingerprint density at radius 1 is 1.05 bits per heavy atom. The Balaban J connectivity index is 1.20. The molecule has 1 fully saturated rings. The minimum absolute atomic E-state index is 0.174. The summed E-state index contributed by atoms with van der Waals surface area (Å²) in [6.45, 7) is 4.64. The van der Waals surface area contributed by atoms with Crippen LogP contribution in [0.2, 0.25) is 0 Å². The maximum atomic E-state index is 13.1. The van der Waals surface area contributed by atoms with E-state index in [2.05, 4.69) is 56.5 Å². The van der Waals surface area contributed by atoms with Crippen LogP contribution in [0.3, 0.4) is 0 Å². The highest BCUT2D eigenvalue weighted by Crippen LogP contribution is 2.32. The predicted octanol–water partition coefficient (Wildman–Crippen LogP) is 5.80. The van der Waals surface area contributed by atoms with E-state index in [1.54, 1.807) is 28.6 Å². The quantitative estimate of drug-likeness (QED) is 0.262. The van der Waals surface area contributed by atoms with Crippen LogP contribution in [0.5, 0.6) is 0 Å². The lowest BCUT2D eigenvalue weighted by Gasteiger charge is -2.35. The average Bonchev–Trinajstić information content (AvgIpc) is 3.45. The number of piperazine rings is 1. The van der Waals surface area contributed by atoms with Crippen LogP contribution < -0.4 is 4.90 Å². The zero-order valence-electron chi connectivity index (χ0n) is 22.6. The van der Waals surface area contributed by atoms with E-state index in [9.17, 15) is 14.0 Å². The van der Waals surface area contributed by atoms with Crippen molar-refractivity contribution >= 4 is 34.9 Å². The molecule has 7 nitrogen and oxygen atoms in total. The number of halogens is 2. The largest absolute Gasteiger partial charge is 0.354 e. The summed E-state index contributed by atoms with van der Waals surface area (Å²) in [6.07, 6.45) is 8.23. The van der Waals surface area contributed by atoms with Gasteiger partial charge in [-0.25, -0.2) is 18.3 Å². The maximum absolute atomic E-state index is 13.1. The molecule has 1 atom stereocenters. The third-order valence-electron chi connectivity index (χ3n) is 7.66. The number of nitrogens with zero attached hydrogens (tertiary/aromatic N) is 7. The van der Waals surface area contributed by atoms with Gasteiger partial charge in [0.15, 0.2) is 0 Å². The summed E-state index contributed by atoms with van der Waals surface area (Å²) in [4.78, 5) is 14.9. The molecule has 0 radical (unpaired) electrons. The molecule has 0 spiro atoms. The van der Waals surface area contributed by atoms with Gasteiger partial charge >= 0.3 is 0 Å². The standard InChI is InChI=1S/C31H29F2N7S/c1-41-26-6-2-21(3-7-26)19-38-10-12-39(13-11-38)29-9-5-23(17-36-29)27-14-24(20-40-30(27)25(15-34)18-37-40)22-4-8-28(31(32)33)35-16-22/h2-7,9,14,16-18,20,28,31H,8,10-13,19H2,1H3. The van der Waals surface area contributed by atoms with Crippen LogP contribution in [0.1, 0.15) is 23.1 Å². The molecule has 1 unspecified atom stereocenters. The number of hydrogen-bond acceptors (Lipinski definition) is 7. The number of aliphatic imine (C=N–C) groups is 1. The number of anilines is 1. The van der Waals surface area contributed by atoms with Crippen LogP contribution in [-0.4, -0.2) is 70.6 Å². The highest BCUT2D eigenvalue weighted by atomic mass is 32.2. The Labute approximate surface area is 241 Å². The summed E-state index contributed by atoms with van der Waals surface area (Å²) in [5.74, 6) is 0.916. The molecular formula is C31H29F2N7S. The Morgan fingerprint density at radius 2 is 1.85 bits per heavy atom. The minimum Gasteiger partial charge on any atom is -0.354 e. The van der Waals surface area contributed by atoms with E-state index in [0.29, 0.717) is 11.1 Å². The Hall–Kier alpha value is -4.07. The number of allylic oxidation sites excluding steroid dienone is 1. The molecular weight excluding hydrogens is 540 g/mol. The number of dihydropyridines is 1. The third kappa shape index (κ3) is 5.73. The monoisotopic (exact) mass is 569 g/mol. The molecule has 208 valence electrons. The molecule has 41 heavy (non-hydrogen) atoms. The van der Waals surface area contributed by atoms with Gasteiger partial charge in [0.05, 0.1) is 17.3 Å². The van der Waals surface area contributed by atoms with Crippen molar-refractivity contribution in [3.63, 3.8) is 0 Å². The van der Waals surface area contributed by atoms with E-state index < -0.39 is 12.5 Å². The van der Waals surface area contributed by atoms with E-state index in [0.717, 1.165) is 60.8 Å². The summed E-state index contributed by atoms with van der Waals surface area (Å²) in [5, 5.41) is 14.1. The van der Waals surface area contributed by atoms with Gasteiger partial charge in [0, 0.05) is 72.9 Å². The van der Waals surface area contributed by atoms with Crippen LogP contribution in [0.4, 0.5) is 14.6 Å². The molecule has 0 amide bonds. The van der Waals surface area contributed by atoms with Gasteiger partial charge in [0.2, 0.25) is 0 Å². The fourth-order valence-corrected chi connectivity index (χ4v) is 5.74. The minimum atomic E-state index is -2.49. The average molecular weight is 570 g/mol. The summed E-state index contributed by atoms with van der Waals surface area (Å²) < 4.78 is 27.8. The molecule has 1 aromatic carbocycles. The van der Waals surface area contributed by atoms with Gasteiger partial charge in [-0.2, -0.15) is 10.4 Å². The van der Waals surface area contributed by atoms with E-state index in [1.165, 1.54) is 22.9 Å². The van der Waals surface area contributed by atoms with Crippen molar-refractivity contribution in [1.82, 2.24) is 19.5 Å². The number of aromatic nitrogens is 3. The maximum Gasteiger partial charge on any atom is 0.260 e. The number of fused-ring (bicyclic) bond motifs is 1. The lowest BCUT2D eigenvalue weighted by Crippen LogP contribution is -2.46. The predicted molar refractivity (Wildman–Crippen MR) is 160 cm³/mol. The van der Waals surface area contributed by atoms with Crippen molar-refractivity contribution in [2.75, 3.05) is 37.3 Å². The zero-order valence-corrected chi connectivity index (χ0v) is 23.4. The van der Waals surface area contributed by atoms with Gasteiger partial charge in [-0.1, -0.05) is 18.2 Å². The van der Waals surface area contributed by atoms with Crippen LogP contribution in [0, 0.1) is 11.3 Å². The molecule has 0 aliphatic carbocycles. The smallest absolute Gasteiger partial charge is 0.260 e. The number of alkyl halides is 2. The Morgan fingerprint density at radius 3 is 2.49 bits per heavy atom. The van der Waals surface area contributed by atoms with Crippen molar-refractivity contribution in [3.8, 4) is 17.2 Å². The summed E-state index contributed by atoms with van der Waals surface area (Å²) in [5.41, 5.74) is 5.67. The summed E-state index contributed by atoms with van der Waals surface area (Å²) in [7, 11) is 0. The molecule has 5 heterocycles. The van der Waals surface area contributed by atoms with Crippen LogP contribution >= 0.6 is 11.8 Å². The summed E-state index contributed by atoms with van der Waals surface area (Å²) in [6, 6.07) is 16.0. The van der Waals surface area contributed by atoms with Crippen LogP contribution in [-0.2, 0) is 6.54 Å². The number of nitriles is 1. The first-order valence-corrected chi connectivity index (χ1v) is 14.7. The topological polar surface area (TPSA) is 72.8 Å². The zero-order chi connectivity index (χ0) is 28.3. The number of thioether (sulfide) groups is 1. The molecule has 0 bridgehead atoms. The van der Waals surface area contributed by atoms with Crippen molar-refractivity contribution < 1.29 is 8.78 Å². The van der Waals surface area contributed by atoms with Crippen LogP contribution in [0.25, 0.3) is 22.2 Å². The van der Waals surface area contributed by atoms with E-state index in [4.69, 9.17) is 4.98 Å². The van der Waals surface area contributed by atoms with Crippen molar-refractivity contribution in [1.29, 1.82) is 5.26 Å². The lowest BCUT2D eigenvalue weighted by atomic mass is 9.98. The highest BCUT2D eigenvalue weighted by Gasteiger charge is 2.22. The number of pyridine rings is 2. The second-order valence-electron chi connectivity index (χ2n) is 10.2.